The van der Waals surface area contributed by atoms with Crippen LogP contribution in [0.2, 0.25) is 0 Å². The van der Waals surface area contributed by atoms with Crippen molar-refractivity contribution in [1.29, 1.82) is 0 Å². The quantitative estimate of drug-likeness (QED) is 0.903. The second-order valence-electron chi connectivity index (χ2n) is 5.41. The second-order valence-corrected chi connectivity index (χ2v) is 7.49. The van der Waals surface area contributed by atoms with Crippen molar-refractivity contribution >= 4 is 40.0 Å². The summed E-state index contributed by atoms with van der Waals surface area (Å²) in [7, 11) is 0. The molecule has 0 aliphatic carbocycles. The molecule has 7 heteroatoms. The van der Waals surface area contributed by atoms with Gasteiger partial charge in [0.05, 0.1) is 11.6 Å². The van der Waals surface area contributed by atoms with E-state index >= 15 is 0 Å². The van der Waals surface area contributed by atoms with E-state index in [0.717, 1.165) is 11.3 Å². The summed E-state index contributed by atoms with van der Waals surface area (Å²) in [5, 5.41) is 3.35. The highest BCUT2D eigenvalue weighted by atomic mass is 32.2. The van der Waals surface area contributed by atoms with E-state index in [0.29, 0.717) is 16.8 Å². The zero-order chi connectivity index (χ0) is 16.2. The molecule has 3 rings (SSSR count). The summed E-state index contributed by atoms with van der Waals surface area (Å²) < 4.78 is 0. The van der Waals surface area contributed by atoms with Gasteiger partial charge in [0, 0.05) is 17.5 Å². The van der Waals surface area contributed by atoms with E-state index in [9.17, 15) is 9.59 Å². The Morgan fingerprint density at radius 2 is 2.30 bits per heavy atom. The summed E-state index contributed by atoms with van der Waals surface area (Å²) in [5.41, 5.74) is 2.46. The fourth-order valence-corrected chi connectivity index (χ4v) is 4.11. The zero-order valence-electron chi connectivity index (χ0n) is 12.7. The van der Waals surface area contributed by atoms with Gasteiger partial charge in [-0.15, -0.1) is 23.1 Å². The van der Waals surface area contributed by atoms with Gasteiger partial charge in [-0.3, -0.25) is 9.59 Å². The minimum absolute atomic E-state index is 0.0180. The number of amides is 2. The van der Waals surface area contributed by atoms with Gasteiger partial charge in [-0.1, -0.05) is 29.8 Å². The summed E-state index contributed by atoms with van der Waals surface area (Å²) >= 11 is 3.00. The van der Waals surface area contributed by atoms with Crippen LogP contribution in [-0.2, 0) is 16.0 Å². The van der Waals surface area contributed by atoms with E-state index in [4.69, 9.17) is 0 Å². The van der Waals surface area contributed by atoms with Gasteiger partial charge >= 0.3 is 0 Å². The molecule has 1 N–H and O–H groups in total. The van der Waals surface area contributed by atoms with Crippen molar-refractivity contribution in [3.8, 4) is 0 Å². The summed E-state index contributed by atoms with van der Waals surface area (Å²) in [4.78, 5) is 30.4. The number of aryl methyl sites for hydroxylation is 1. The molecule has 0 spiro atoms. The first-order valence-corrected chi connectivity index (χ1v) is 9.23. The van der Waals surface area contributed by atoms with Crippen molar-refractivity contribution in [2.45, 2.75) is 13.3 Å². The number of hydrogen-bond donors (Lipinski definition) is 1. The molecule has 0 unspecified atom stereocenters. The molecule has 5 nitrogen and oxygen atoms in total. The molecular formula is C16H17N3O2S2. The van der Waals surface area contributed by atoms with Crippen molar-refractivity contribution in [1.82, 2.24) is 9.88 Å². The molecule has 1 fully saturated rings. The van der Waals surface area contributed by atoms with E-state index in [1.807, 2.05) is 6.07 Å². The standard InChI is InChI=1S/C16H17N3O2S2/c1-11-3-2-4-12(5-11)6-13-7-17-16(23-13)18-14(20)8-19-10-22-9-15(19)21/h2-5,7H,6,8-10H2,1H3,(H,17,18,20). The number of hydrogen-bond acceptors (Lipinski definition) is 5. The Morgan fingerprint density at radius 3 is 3.04 bits per heavy atom. The molecule has 1 aromatic carbocycles. The lowest BCUT2D eigenvalue weighted by molar-refractivity contribution is -0.130. The van der Waals surface area contributed by atoms with Crippen LogP contribution in [-0.4, -0.2) is 39.9 Å². The Morgan fingerprint density at radius 1 is 1.43 bits per heavy atom. The second kappa shape index (κ2) is 7.14. The first-order valence-electron chi connectivity index (χ1n) is 7.26. The van der Waals surface area contributed by atoms with Crippen LogP contribution in [0.25, 0.3) is 0 Å². The molecule has 0 atom stereocenters. The molecule has 2 aromatic rings. The van der Waals surface area contributed by atoms with E-state index in [-0.39, 0.29) is 18.4 Å². The summed E-state index contributed by atoms with van der Waals surface area (Å²) in [5.74, 6) is 0.871. The molecule has 0 saturated carbocycles. The molecule has 1 aliphatic heterocycles. The maximum atomic E-state index is 12.0. The summed E-state index contributed by atoms with van der Waals surface area (Å²) in [6.07, 6.45) is 2.59. The number of carbonyl (C=O) groups excluding carboxylic acids is 2. The van der Waals surface area contributed by atoms with Crippen LogP contribution >= 0.6 is 23.1 Å². The number of nitrogens with one attached hydrogen (secondary N) is 1. The third kappa shape index (κ3) is 4.33. The SMILES string of the molecule is Cc1cccc(Cc2cnc(NC(=O)CN3CSCC3=O)s2)c1. The number of aromatic nitrogens is 1. The first-order chi connectivity index (χ1) is 11.1. The van der Waals surface area contributed by atoms with E-state index in [1.165, 1.54) is 34.2 Å². The Hall–Kier alpha value is -1.86. The van der Waals surface area contributed by atoms with Crippen molar-refractivity contribution in [3.05, 3.63) is 46.5 Å². The van der Waals surface area contributed by atoms with Gasteiger partial charge in [-0.2, -0.15) is 0 Å². The number of anilines is 1. The first kappa shape index (κ1) is 16.0. The lowest BCUT2D eigenvalue weighted by Gasteiger charge is -2.12. The molecular weight excluding hydrogens is 330 g/mol. The summed E-state index contributed by atoms with van der Waals surface area (Å²) in [6, 6.07) is 8.34. The van der Waals surface area contributed by atoms with Crippen molar-refractivity contribution in [3.63, 3.8) is 0 Å². The highest BCUT2D eigenvalue weighted by Gasteiger charge is 2.23. The van der Waals surface area contributed by atoms with Crippen LogP contribution in [0.5, 0.6) is 0 Å². The van der Waals surface area contributed by atoms with Crippen LogP contribution in [0.1, 0.15) is 16.0 Å². The fraction of sp³-hybridized carbons (Fsp3) is 0.312. The average Bonchev–Trinajstić information content (AvgIpc) is 3.09. The molecule has 0 bridgehead atoms. The van der Waals surface area contributed by atoms with Gasteiger partial charge < -0.3 is 10.2 Å². The number of thiazole rings is 1. The molecule has 1 aliphatic rings. The van der Waals surface area contributed by atoms with Gasteiger partial charge in [0.2, 0.25) is 11.8 Å². The smallest absolute Gasteiger partial charge is 0.245 e. The Labute approximate surface area is 143 Å². The summed E-state index contributed by atoms with van der Waals surface area (Å²) in [6.45, 7) is 2.17. The van der Waals surface area contributed by atoms with Crippen LogP contribution in [0, 0.1) is 6.92 Å². The monoisotopic (exact) mass is 347 g/mol. The van der Waals surface area contributed by atoms with Crippen LogP contribution in [0.4, 0.5) is 5.13 Å². The number of rotatable bonds is 5. The topological polar surface area (TPSA) is 62.3 Å². The van der Waals surface area contributed by atoms with Gasteiger partial charge in [-0.25, -0.2) is 4.98 Å². The molecule has 2 amide bonds. The van der Waals surface area contributed by atoms with E-state index in [2.05, 4.69) is 35.4 Å². The predicted molar refractivity (Wildman–Crippen MR) is 93.8 cm³/mol. The third-order valence-electron chi connectivity index (χ3n) is 3.42. The van der Waals surface area contributed by atoms with E-state index < -0.39 is 0 Å². The maximum Gasteiger partial charge on any atom is 0.245 e. The molecule has 1 saturated heterocycles. The van der Waals surface area contributed by atoms with Crippen molar-refractivity contribution in [2.24, 2.45) is 0 Å². The molecule has 2 heterocycles. The van der Waals surface area contributed by atoms with Crippen LogP contribution in [0.15, 0.2) is 30.5 Å². The minimum Gasteiger partial charge on any atom is -0.323 e. The van der Waals surface area contributed by atoms with Crippen LogP contribution < -0.4 is 5.32 Å². The Kier molecular flexibility index (Phi) is 4.97. The largest absolute Gasteiger partial charge is 0.323 e. The third-order valence-corrected chi connectivity index (χ3v) is 5.28. The molecule has 0 radical (unpaired) electrons. The van der Waals surface area contributed by atoms with Gasteiger partial charge in [0.1, 0.15) is 6.54 Å². The molecule has 23 heavy (non-hydrogen) atoms. The normalized spacial score (nSPS) is 14.3. The predicted octanol–water partition coefficient (Wildman–Crippen LogP) is 2.51. The average molecular weight is 347 g/mol. The molecule has 120 valence electrons. The number of benzene rings is 1. The zero-order valence-corrected chi connectivity index (χ0v) is 14.4. The highest BCUT2D eigenvalue weighted by Crippen LogP contribution is 2.22. The fourth-order valence-electron chi connectivity index (χ4n) is 2.34. The number of thioether (sulfide) groups is 1. The van der Waals surface area contributed by atoms with Gasteiger partial charge in [0.15, 0.2) is 5.13 Å². The maximum absolute atomic E-state index is 12.0. The molecule has 1 aromatic heterocycles. The minimum atomic E-state index is -0.197. The van der Waals surface area contributed by atoms with Crippen molar-refractivity contribution in [2.75, 3.05) is 23.5 Å². The highest BCUT2D eigenvalue weighted by molar-refractivity contribution is 8.00. The Balaban J connectivity index is 1.56. The Bertz CT molecular complexity index is 730. The number of nitrogens with zero attached hydrogens (tertiary/aromatic N) is 2. The lowest BCUT2D eigenvalue weighted by Crippen LogP contribution is -2.34. The number of carbonyl (C=O) groups is 2. The lowest BCUT2D eigenvalue weighted by atomic mass is 10.1. The van der Waals surface area contributed by atoms with Crippen molar-refractivity contribution < 1.29 is 9.59 Å². The van der Waals surface area contributed by atoms with E-state index in [1.54, 1.807) is 11.1 Å². The van der Waals surface area contributed by atoms with Gasteiger partial charge in [-0.05, 0) is 12.5 Å². The van der Waals surface area contributed by atoms with Crippen LogP contribution in [0.3, 0.4) is 0 Å². The van der Waals surface area contributed by atoms with Gasteiger partial charge in [0.25, 0.3) is 0 Å².